The number of benzene rings is 1. The van der Waals surface area contributed by atoms with Crippen LogP contribution in [-0.4, -0.2) is 64.7 Å². The maximum atomic E-state index is 12.7. The van der Waals surface area contributed by atoms with Crippen molar-refractivity contribution in [3.8, 4) is 0 Å². The highest BCUT2D eigenvalue weighted by atomic mass is 16.6. The molecule has 0 radical (unpaired) electrons. The molecular formula is C18H20N4O4. The van der Waals surface area contributed by atoms with Gasteiger partial charge in [-0.05, 0) is 12.5 Å². The van der Waals surface area contributed by atoms with Crippen LogP contribution in [0, 0.1) is 6.92 Å². The molecule has 26 heavy (non-hydrogen) atoms. The molecule has 3 heterocycles. The minimum absolute atomic E-state index is 0.0376. The van der Waals surface area contributed by atoms with Crippen molar-refractivity contribution >= 4 is 12.0 Å². The molecule has 0 spiro atoms. The summed E-state index contributed by atoms with van der Waals surface area (Å²) in [5.74, 6) is 1.05. The van der Waals surface area contributed by atoms with E-state index >= 15 is 0 Å². The van der Waals surface area contributed by atoms with Gasteiger partial charge in [-0.15, -0.1) is 0 Å². The van der Waals surface area contributed by atoms with Gasteiger partial charge in [-0.25, -0.2) is 4.79 Å². The number of rotatable bonds is 4. The quantitative estimate of drug-likeness (QED) is 0.826. The summed E-state index contributed by atoms with van der Waals surface area (Å²) in [6.45, 7) is 3.65. The monoisotopic (exact) mass is 356 g/mol. The molecule has 8 heteroatoms. The van der Waals surface area contributed by atoms with Crippen LogP contribution in [0.25, 0.3) is 0 Å². The van der Waals surface area contributed by atoms with Crippen LogP contribution in [0.15, 0.2) is 34.9 Å². The summed E-state index contributed by atoms with van der Waals surface area (Å²) in [5.41, 5.74) is 1.13. The lowest BCUT2D eigenvalue weighted by Crippen LogP contribution is -2.39. The first-order chi connectivity index (χ1) is 12.6. The van der Waals surface area contributed by atoms with E-state index in [1.165, 1.54) is 4.90 Å². The first-order valence-corrected chi connectivity index (χ1v) is 8.66. The van der Waals surface area contributed by atoms with Gasteiger partial charge in [0.1, 0.15) is 13.2 Å². The Balaban J connectivity index is 1.54. The number of carbonyl (C=O) groups is 2. The molecule has 0 bridgehead atoms. The molecule has 8 nitrogen and oxygen atoms in total. The fourth-order valence-electron chi connectivity index (χ4n) is 3.59. The number of nitrogens with zero attached hydrogens (tertiary/aromatic N) is 4. The smallest absolute Gasteiger partial charge is 0.410 e. The van der Waals surface area contributed by atoms with Crippen molar-refractivity contribution in [2.24, 2.45) is 0 Å². The Morgan fingerprint density at radius 3 is 2.65 bits per heavy atom. The molecular weight excluding hydrogens is 336 g/mol. The minimum atomic E-state index is -0.429. The predicted octanol–water partition coefficient (Wildman–Crippen LogP) is 1.54. The van der Waals surface area contributed by atoms with Crippen LogP contribution in [0.2, 0.25) is 0 Å². The molecule has 2 atom stereocenters. The zero-order chi connectivity index (χ0) is 18.1. The molecule has 2 aliphatic heterocycles. The van der Waals surface area contributed by atoms with E-state index in [9.17, 15) is 9.59 Å². The fourth-order valence-corrected chi connectivity index (χ4v) is 3.59. The second-order valence-electron chi connectivity index (χ2n) is 6.64. The van der Waals surface area contributed by atoms with Gasteiger partial charge in [-0.3, -0.25) is 9.69 Å². The third kappa shape index (κ3) is 3.14. The van der Waals surface area contributed by atoms with Gasteiger partial charge in [-0.1, -0.05) is 35.5 Å². The first-order valence-electron chi connectivity index (χ1n) is 8.66. The predicted molar refractivity (Wildman–Crippen MR) is 90.5 cm³/mol. The number of hydrogen-bond acceptors (Lipinski definition) is 6. The number of cyclic esters (lactones) is 1. The second kappa shape index (κ2) is 6.78. The molecule has 1 aromatic heterocycles. The van der Waals surface area contributed by atoms with E-state index in [4.69, 9.17) is 9.26 Å². The Labute approximate surface area is 150 Å². The highest BCUT2D eigenvalue weighted by molar-refractivity contribution is 5.83. The lowest BCUT2D eigenvalue weighted by atomic mass is 9.89. The van der Waals surface area contributed by atoms with E-state index in [2.05, 4.69) is 10.1 Å². The number of amides is 2. The molecule has 0 saturated carbocycles. The van der Waals surface area contributed by atoms with Gasteiger partial charge in [0.2, 0.25) is 11.8 Å². The van der Waals surface area contributed by atoms with Crippen molar-refractivity contribution in [3.63, 3.8) is 0 Å². The Kier molecular flexibility index (Phi) is 4.32. The Morgan fingerprint density at radius 1 is 1.23 bits per heavy atom. The maximum Gasteiger partial charge on any atom is 0.410 e. The van der Waals surface area contributed by atoms with E-state index in [0.29, 0.717) is 38.0 Å². The van der Waals surface area contributed by atoms with Gasteiger partial charge in [0.25, 0.3) is 0 Å². The molecule has 0 N–H and O–H groups in total. The van der Waals surface area contributed by atoms with Crippen LogP contribution in [0.5, 0.6) is 0 Å². The van der Waals surface area contributed by atoms with E-state index in [0.717, 1.165) is 5.56 Å². The number of aromatic nitrogens is 2. The second-order valence-corrected chi connectivity index (χ2v) is 6.64. The largest absolute Gasteiger partial charge is 0.448 e. The third-order valence-electron chi connectivity index (χ3n) is 4.93. The maximum absolute atomic E-state index is 12.7. The number of ether oxygens (including phenoxy) is 1. The molecule has 4 rings (SSSR count). The number of hydrogen-bond donors (Lipinski definition) is 0. The van der Waals surface area contributed by atoms with E-state index in [1.54, 1.807) is 11.8 Å². The summed E-state index contributed by atoms with van der Waals surface area (Å²) in [4.78, 5) is 31.9. The average Bonchev–Trinajstić information content (AvgIpc) is 3.36. The van der Waals surface area contributed by atoms with Crippen molar-refractivity contribution in [3.05, 3.63) is 47.6 Å². The molecule has 2 saturated heterocycles. The Hall–Kier alpha value is -2.90. The van der Waals surface area contributed by atoms with E-state index in [1.807, 2.05) is 30.3 Å². The fraction of sp³-hybridized carbons (Fsp3) is 0.444. The molecule has 2 aliphatic rings. The Bertz CT molecular complexity index is 807. The minimum Gasteiger partial charge on any atom is -0.448 e. The third-order valence-corrected chi connectivity index (χ3v) is 4.93. The Morgan fingerprint density at radius 2 is 2.00 bits per heavy atom. The molecule has 0 aliphatic carbocycles. The van der Waals surface area contributed by atoms with E-state index in [-0.39, 0.29) is 24.3 Å². The lowest BCUT2D eigenvalue weighted by molar-refractivity contribution is -0.130. The van der Waals surface area contributed by atoms with Crippen LogP contribution >= 0.6 is 0 Å². The molecule has 2 aromatic rings. The SMILES string of the molecule is Cc1noc(C2CN(C(=O)CN3CCOC3=O)CC2c2ccccc2)n1. The number of likely N-dealkylation sites (tertiary alicyclic amines) is 1. The van der Waals surface area contributed by atoms with Gasteiger partial charge in [-0.2, -0.15) is 4.98 Å². The number of aryl methyl sites for hydroxylation is 1. The van der Waals surface area contributed by atoms with Crippen molar-refractivity contribution in [1.82, 2.24) is 19.9 Å². The molecule has 136 valence electrons. The van der Waals surface area contributed by atoms with Gasteiger partial charge < -0.3 is 14.2 Å². The topological polar surface area (TPSA) is 88.8 Å². The van der Waals surface area contributed by atoms with Crippen molar-refractivity contribution in [2.45, 2.75) is 18.8 Å². The van der Waals surface area contributed by atoms with Gasteiger partial charge >= 0.3 is 6.09 Å². The summed E-state index contributed by atoms with van der Waals surface area (Å²) < 4.78 is 10.3. The summed E-state index contributed by atoms with van der Waals surface area (Å²) in [7, 11) is 0. The van der Waals surface area contributed by atoms with Gasteiger partial charge in [0.05, 0.1) is 12.5 Å². The zero-order valence-corrected chi connectivity index (χ0v) is 14.5. The van der Waals surface area contributed by atoms with Crippen molar-refractivity contribution < 1.29 is 18.8 Å². The molecule has 1 aromatic carbocycles. The number of carbonyl (C=O) groups excluding carboxylic acids is 2. The van der Waals surface area contributed by atoms with Crippen molar-refractivity contribution in [2.75, 3.05) is 32.8 Å². The molecule has 2 amide bonds. The molecule has 2 unspecified atom stereocenters. The normalized spacial score (nSPS) is 22.7. The van der Waals surface area contributed by atoms with Gasteiger partial charge in [0.15, 0.2) is 5.82 Å². The van der Waals surface area contributed by atoms with Crippen LogP contribution < -0.4 is 0 Å². The highest BCUT2D eigenvalue weighted by Gasteiger charge is 2.40. The first kappa shape index (κ1) is 16.6. The zero-order valence-electron chi connectivity index (χ0n) is 14.5. The summed E-state index contributed by atoms with van der Waals surface area (Å²) in [6.07, 6.45) is -0.429. The van der Waals surface area contributed by atoms with Gasteiger partial charge in [0, 0.05) is 19.0 Å². The summed E-state index contributed by atoms with van der Waals surface area (Å²) >= 11 is 0. The van der Waals surface area contributed by atoms with Crippen LogP contribution in [0.3, 0.4) is 0 Å². The highest BCUT2D eigenvalue weighted by Crippen LogP contribution is 2.39. The summed E-state index contributed by atoms with van der Waals surface area (Å²) in [5, 5.41) is 3.89. The molecule has 2 fully saturated rings. The van der Waals surface area contributed by atoms with Crippen LogP contribution in [-0.2, 0) is 9.53 Å². The summed E-state index contributed by atoms with van der Waals surface area (Å²) in [6, 6.07) is 10.0. The average molecular weight is 356 g/mol. The van der Waals surface area contributed by atoms with Crippen LogP contribution in [0.4, 0.5) is 4.79 Å². The standard InChI is InChI=1S/C18H20N4O4/c1-12-19-17(26-20-12)15-10-22(9-14(15)13-5-3-2-4-6-13)16(23)11-21-7-8-25-18(21)24/h2-6,14-15H,7-11H2,1H3. The van der Waals surface area contributed by atoms with Crippen LogP contribution in [0.1, 0.15) is 29.1 Å². The lowest BCUT2D eigenvalue weighted by Gasteiger charge is -2.19. The van der Waals surface area contributed by atoms with E-state index < -0.39 is 6.09 Å². The van der Waals surface area contributed by atoms with Crippen molar-refractivity contribution in [1.29, 1.82) is 0 Å².